The molecule has 1 aromatic rings. The van der Waals surface area contributed by atoms with Crippen LogP contribution in [-0.2, 0) is 6.42 Å². The lowest BCUT2D eigenvalue weighted by molar-refractivity contribution is 0.0968. The van der Waals surface area contributed by atoms with Gasteiger partial charge < -0.3 is 5.32 Å². The lowest BCUT2D eigenvalue weighted by Crippen LogP contribution is -2.38. The molecule has 23 heavy (non-hydrogen) atoms. The van der Waals surface area contributed by atoms with Gasteiger partial charge in [0.2, 0.25) is 0 Å². The molecule has 1 aromatic carbocycles. The number of nitrogens with one attached hydrogen (secondary N) is 1. The maximum absolute atomic E-state index is 3.72. The average Bonchev–Trinajstić information content (AvgIpc) is 2.48. The maximum atomic E-state index is 3.72. The van der Waals surface area contributed by atoms with Crippen LogP contribution in [0, 0.1) is 29.1 Å². The molecule has 3 atom stereocenters. The van der Waals surface area contributed by atoms with Crippen LogP contribution < -0.4 is 5.32 Å². The Hall–Kier alpha value is -0.820. The summed E-state index contributed by atoms with van der Waals surface area (Å²) in [4.78, 5) is 0. The Morgan fingerprint density at radius 2 is 1.74 bits per heavy atom. The quantitative estimate of drug-likeness (QED) is 0.725. The monoisotopic (exact) mass is 315 g/mol. The van der Waals surface area contributed by atoms with Crippen molar-refractivity contribution < 1.29 is 0 Å². The molecule has 1 aliphatic carbocycles. The Morgan fingerprint density at radius 3 is 2.35 bits per heavy atom. The van der Waals surface area contributed by atoms with Gasteiger partial charge >= 0.3 is 0 Å². The van der Waals surface area contributed by atoms with E-state index in [4.69, 9.17) is 0 Å². The Bertz CT molecular complexity index is 443. The number of hydrogen-bond donors (Lipinski definition) is 1. The molecule has 1 saturated carbocycles. The van der Waals surface area contributed by atoms with Gasteiger partial charge in [-0.2, -0.15) is 0 Å². The second kappa shape index (κ2) is 8.33. The molecule has 0 bridgehead atoms. The van der Waals surface area contributed by atoms with Crippen molar-refractivity contribution in [2.24, 2.45) is 29.1 Å². The highest BCUT2D eigenvalue weighted by Gasteiger charge is 2.35. The molecule has 0 radical (unpaired) electrons. The van der Waals surface area contributed by atoms with Gasteiger partial charge in [-0.05, 0) is 73.4 Å². The van der Waals surface area contributed by atoms with Crippen molar-refractivity contribution in [3.05, 3.63) is 35.9 Å². The van der Waals surface area contributed by atoms with Crippen LogP contribution in [0.4, 0.5) is 0 Å². The molecule has 0 aromatic heterocycles. The summed E-state index contributed by atoms with van der Waals surface area (Å²) in [5.74, 6) is 3.29. The van der Waals surface area contributed by atoms with E-state index in [9.17, 15) is 0 Å². The van der Waals surface area contributed by atoms with Crippen LogP contribution in [0.5, 0.6) is 0 Å². The Kier molecular flexibility index (Phi) is 6.71. The van der Waals surface area contributed by atoms with Gasteiger partial charge in [0.05, 0.1) is 0 Å². The highest BCUT2D eigenvalue weighted by Crippen LogP contribution is 2.43. The molecule has 1 nitrogen and oxygen atoms in total. The molecular weight excluding hydrogens is 278 g/mol. The van der Waals surface area contributed by atoms with Crippen molar-refractivity contribution in [1.82, 2.24) is 5.32 Å². The van der Waals surface area contributed by atoms with Crippen molar-refractivity contribution in [2.45, 2.75) is 60.3 Å². The summed E-state index contributed by atoms with van der Waals surface area (Å²) >= 11 is 0. The molecule has 1 aliphatic rings. The van der Waals surface area contributed by atoms with E-state index in [-0.39, 0.29) is 0 Å². The van der Waals surface area contributed by atoms with Crippen molar-refractivity contribution in [3.8, 4) is 0 Å². The summed E-state index contributed by atoms with van der Waals surface area (Å²) in [5.41, 5.74) is 1.96. The molecule has 0 aliphatic heterocycles. The number of rotatable bonds is 6. The zero-order valence-corrected chi connectivity index (χ0v) is 15.9. The first-order valence-corrected chi connectivity index (χ1v) is 9.61. The van der Waals surface area contributed by atoms with E-state index >= 15 is 0 Å². The first kappa shape index (κ1) is 18.5. The van der Waals surface area contributed by atoms with Gasteiger partial charge in [-0.3, -0.25) is 0 Å². The van der Waals surface area contributed by atoms with Crippen LogP contribution in [0.3, 0.4) is 0 Å². The molecule has 130 valence electrons. The maximum Gasteiger partial charge on any atom is -0.00176 e. The highest BCUT2D eigenvalue weighted by molar-refractivity contribution is 5.15. The van der Waals surface area contributed by atoms with E-state index in [0.29, 0.717) is 5.41 Å². The summed E-state index contributed by atoms with van der Waals surface area (Å²) in [6.07, 6.45) is 5.45. The van der Waals surface area contributed by atoms with Gasteiger partial charge in [-0.25, -0.2) is 0 Å². The molecular formula is C22H37N. The fourth-order valence-electron chi connectivity index (χ4n) is 4.11. The van der Waals surface area contributed by atoms with E-state index in [1.165, 1.54) is 37.8 Å². The van der Waals surface area contributed by atoms with E-state index in [1.54, 1.807) is 0 Å². The fraction of sp³-hybridized carbons (Fsp3) is 0.727. The minimum atomic E-state index is 0.450. The lowest BCUT2D eigenvalue weighted by atomic mass is 9.64. The molecule has 0 heterocycles. The van der Waals surface area contributed by atoms with Crippen LogP contribution in [0.25, 0.3) is 0 Å². The third-order valence-electron chi connectivity index (χ3n) is 5.66. The van der Waals surface area contributed by atoms with Gasteiger partial charge in [-0.1, -0.05) is 65.0 Å². The second-order valence-corrected chi connectivity index (χ2v) is 9.14. The van der Waals surface area contributed by atoms with Crippen LogP contribution >= 0.6 is 0 Å². The highest BCUT2D eigenvalue weighted by atomic mass is 14.9. The number of hydrogen-bond acceptors (Lipinski definition) is 1. The summed E-state index contributed by atoms with van der Waals surface area (Å²) in [7, 11) is 0. The van der Waals surface area contributed by atoms with Crippen LogP contribution in [0.15, 0.2) is 30.3 Å². The molecule has 2 rings (SSSR count). The predicted molar refractivity (Wildman–Crippen MR) is 102 cm³/mol. The summed E-state index contributed by atoms with van der Waals surface area (Å²) in [6.45, 7) is 14.2. The van der Waals surface area contributed by atoms with Gasteiger partial charge in [0, 0.05) is 0 Å². The topological polar surface area (TPSA) is 12.0 Å². The number of benzene rings is 1. The van der Waals surface area contributed by atoms with Crippen molar-refractivity contribution in [2.75, 3.05) is 13.1 Å². The van der Waals surface area contributed by atoms with E-state index in [2.05, 4.69) is 70.3 Å². The predicted octanol–water partition coefficient (Wildman–Crippen LogP) is 5.55. The standard InChI is InChI=1S/C22H37N/c1-17(2)15-23-16-19-11-12-21(22(3,4)5)14-20(19)13-18-9-7-6-8-10-18/h6-10,17,19-21,23H,11-16H2,1-5H3. The molecule has 0 amide bonds. The molecule has 1 heteroatoms. The average molecular weight is 316 g/mol. The SMILES string of the molecule is CC(C)CNCC1CCC(C(C)(C)C)CC1Cc1ccccc1. The summed E-state index contributed by atoms with van der Waals surface area (Å²) in [6, 6.07) is 11.1. The van der Waals surface area contributed by atoms with E-state index in [1.807, 2.05) is 0 Å². The summed E-state index contributed by atoms with van der Waals surface area (Å²) in [5, 5.41) is 3.72. The minimum Gasteiger partial charge on any atom is -0.316 e. The third-order valence-corrected chi connectivity index (χ3v) is 5.66. The van der Waals surface area contributed by atoms with Crippen LogP contribution in [-0.4, -0.2) is 13.1 Å². The Balaban J connectivity index is 2.01. The molecule has 0 saturated heterocycles. The third kappa shape index (κ3) is 5.95. The van der Waals surface area contributed by atoms with Gasteiger partial charge in [0.15, 0.2) is 0 Å². The van der Waals surface area contributed by atoms with Crippen LogP contribution in [0.1, 0.15) is 59.4 Å². The van der Waals surface area contributed by atoms with Gasteiger partial charge in [0.25, 0.3) is 0 Å². The molecule has 0 spiro atoms. The molecule has 3 unspecified atom stereocenters. The van der Waals surface area contributed by atoms with Crippen molar-refractivity contribution >= 4 is 0 Å². The molecule has 1 N–H and O–H groups in total. The second-order valence-electron chi connectivity index (χ2n) is 9.14. The zero-order valence-electron chi connectivity index (χ0n) is 15.9. The first-order valence-electron chi connectivity index (χ1n) is 9.61. The zero-order chi connectivity index (χ0) is 16.9. The lowest BCUT2D eigenvalue weighted by Gasteiger charge is -2.42. The van der Waals surface area contributed by atoms with Gasteiger partial charge in [0.1, 0.15) is 0 Å². The first-order chi connectivity index (χ1) is 10.9. The smallest absolute Gasteiger partial charge is 0.00176 e. The molecule has 1 fully saturated rings. The van der Waals surface area contributed by atoms with E-state index in [0.717, 1.165) is 30.2 Å². The van der Waals surface area contributed by atoms with Crippen molar-refractivity contribution in [3.63, 3.8) is 0 Å². The van der Waals surface area contributed by atoms with E-state index < -0.39 is 0 Å². The minimum absolute atomic E-state index is 0.450. The fourth-order valence-corrected chi connectivity index (χ4v) is 4.11. The summed E-state index contributed by atoms with van der Waals surface area (Å²) < 4.78 is 0. The Morgan fingerprint density at radius 1 is 1.04 bits per heavy atom. The van der Waals surface area contributed by atoms with Gasteiger partial charge in [-0.15, -0.1) is 0 Å². The largest absolute Gasteiger partial charge is 0.316 e. The van der Waals surface area contributed by atoms with Crippen LogP contribution in [0.2, 0.25) is 0 Å². The Labute approximate surface area is 144 Å². The van der Waals surface area contributed by atoms with Crippen molar-refractivity contribution in [1.29, 1.82) is 0 Å². The normalized spacial score (nSPS) is 25.7.